The van der Waals surface area contributed by atoms with Crippen LogP contribution in [0.3, 0.4) is 0 Å². The second-order valence-electron chi connectivity index (χ2n) is 6.47. The van der Waals surface area contributed by atoms with Gasteiger partial charge in [0, 0.05) is 11.4 Å². The molecule has 0 aliphatic carbocycles. The first-order valence-electron chi connectivity index (χ1n) is 8.88. The van der Waals surface area contributed by atoms with Gasteiger partial charge in [0.15, 0.2) is 0 Å². The number of carbonyl (C=O) groups excluding carboxylic acids is 2. The molecule has 1 atom stereocenters. The first-order valence-corrected chi connectivity index (χ1v) is 10.3. The Morgan fingerprint density at radius 1 is 1.07 bits per heavy atom. The number of nitrogens with one attached hydrogen (secondary N) is 1. The predicted molar refractivity (Wildman–Crippen MR) is 115 cm³/mol. The number of carbonyl (C=O) groups is 2. The summed E-state index contributed by atoms with van der Waals surface area (Å²) in [6, 6.07) is 20.1. The van der Waals surface area contributed by atoms with Crippen LogP contribution in [0.25, 0.3) is 0 Å². The normalized spacial score (nSPS) is 16.1. The first kappa shape index (κ1) is 19.5. The smallest absolute Gasteiger partial charge is 0.257 e. The zero-order valence-corrected chi connectivity index (χ0v) is 16.7. The van der Waals surface area contributed by atoms with Crippen LogP contribution in [0.5, 0.6) is 0 Å². The van der Waals surface area contributed by atoms with Gasteiger partial charge in [-0.15, -0.1) is 11.8 Å². The molecule has 3 aromatic rings. The third kappa shape index (κ3) is 4.13. The molecule has 1 heterocycles. The molecule has 1 fully saturated rings. The largest absolute Gasteiger partial charge is 0.322 e. The molecule has 7 heteroatoms. The fourth-order valence-electron chi connectivity index (χ4n) is 3.19. The summed E-state index contributed by atoms with van der Waals surface area (Å²) < 4.78 is 13.7. The van der Waals surface area contributed by atoms with Gasteiger partial charge in [0.2, 0.25) is 5.91 Å². The van der Waals surface area contributed by atoms with Crippen LogP contribution in [0.4, 0.5) is 15.8 Å². The topological polar surface area (TPSA) is 49.4 Å². The Morgan fingerprint density at radius 3 is 2.66 bits per heavy atom. The lowest BCUT2D eigenvalue weighted by molar-refractivity contribution is -0.115. The maximum absolute atomic E-state index is 13.7. The van der Waals surface area contributed by atoms with Crippen LogP contribution in [0.2, 0.25) is 5.02 Å². The highest BCUT2D eigenvalue weighted by Gasteiger charge is 2.34. The SMILES string of the molecule is O=C(Nc1cccc([C@@H]2SCC(=O)N2c2cccc(F)c2)c1)c1ccccc1Cl. The van der Waals surface area contributed by atoms with Gasteiger partial charge in [-0.05, 0) is 48.0 Å². The summed E-state index contributed by atoms with van der Waals surface area (Å²) in [5.74, 6) is -0.495. The molecular weight excluding hydrogens is 411 g/mol. The zero-order chi connectivity index (χ0) is 20.4. The lowest BCUT2D eigenvalue weighted by Gasteiger charge is -2.24. The summed E-state index contributed by atoms with van der Waals surface area (Å²) in [6.07, 6.45) is 0. The van der Waals surface area contributed by atoms with E-state index >= 15 is 0 Å². The summed E-state index contributed by atoms with van der Waals surface area (Å²) in [4.78, 5) is 26.6. The number of amides is 2. The van der Waals surface area contributed by atoms with Gasteiger partial charge < -0.3 is 5.32 Å². The van der Waals surface area contributed by atoms with Crippen molar-refractivity contribution in [2.24, 2.45) is 0 Å². The molecule has 146 valence electrons. The van der Waals surface area contributed by atoms with E-state index in [1.807, 2.05) is 18.2 Å². The van der Waals surface area contributed by atoms with Crippen LogP contribution in [-0.4, -0.2) is 17.6 Å². The summed E-state index contributed by atoms with van der Waals surface area (Å²) in [5, 5.41) is 2.91. The van der Waals surface area contributed by atoms with Crippen LogP contribution in [-0.2, 0) is 4.79 Å². The van der Waals surface area contributed by atoms with Crippen molar-refractivity contribution in [1.82, 2.24) is 0 Å². The molecule has 0 saturated carbocycles. The number of anilines is 2. The van der Waals surface area contributed by atoms with E-state index in [4.69, 9.17) is 11.6 Å². The molecule has 0 unspecified atom stereocenters. The van der Waals surface area contributed by atoms with Gasteiger partial charge in [-0.25, -0.2) is 4.39 Å². The molecule has 1 saturated heterocycles. The highest BCUT2D eigenvalue weighted by Crippen LogP contribution is 2.42. The van der Waals surface area contributed by atoms with Crippen molar-refractivity contribution in [3.63, 3.8) is 0 Å². The maximum atomic E-state index is 13.7. The predicted octanol–water partition coefficient (Wildman–Crippen LogP) is 5.51. The molecule has 1 N–H and O–H groups in total. The molecule has 1 aliphatic rings. The monoisotopic (exact) mass is 426 g/mol. The van der Waals surface area contributed by atoms with E-state index in [9.17, 15) is 14.0 Å². The van der Waals surface area contributed by atoms with E-state index in [0.29, 0.717) is 27.7 Å². The Labute approximate surface area is 176 Å². The van der Waals surface area contributed by atoms with E-state index in [0.717, 1.165) is 5.56 Å². The number of hydrogen-bond acceptors (Lipinski definition) is 3. The number of nitrogens with zero attached hydrogens (tertiary/aromatic N) is 1. The Morgan fingerprint density at radius 2 is 1.86 bits per heavy atom. The fourth-order valence-corrected chi connectivity index (χ4v) is 4.58. The van der Waals surface area contributed by atoms with E-state index in [1.165, 1.54) is 23.9 Å². The number of benzene rings is 3. The van der Waals surface area contributed by atoms with Crippen molar-refractivity contribution in [1.29, 1.82) is 0 Å². The van der Waals surface area contributed by atoms with E-state index in [2.05, 4.69) is 5.32 Å². The first-order chi connectivity index (χ1) is 14.0. The van der Waals surface area contributed by atoms with Crippen LogP contribution in [0, 0.1) is 5.82 Å². The lowest BCUT2D eigenvalue weighted by Crippen LogP contribution is -2.27. The minimum absolute atomic E-state index is 0.0869. The highest BCUT2D eigenvalue weighted by molar-refractivity contribution is 8.00. The van der Waals surface area contributed by atoms with E-state index < -0.39 is 5.82 Å². The molecule has 0 radical (unpaired) electrons. The van der Waals surface area contributed by atoms with Gasteiger partial charge in [0.25, 0.3) is 5.91 Å². The summed E-state index contributed by atoms with van der Waals surface area (Å²) in [7, 11) is 0. The number of halogens is 2. The highest BCUT2D eigenvalue weighted by atomic mass is 35.5. The van der Waals surface area contributed by atoms with Gasteiger partial charge in [0.05, 0.1) is 16.3 Å². The van der Waals surface area contributed by atoms with Crippen molar-refractivity contribution in [3.8, 4) is 0 Å². The Balaban J connectivity index is 1.60. The number of rotatable bonds is 4. The van der Waals surface area contributed by atoms with Crippen LogP contribution < -0.4 is 10.2 Å². The number of thioether (sulfide) groups is 1. The number of hydrogen-bond donors (Lipinski definition) is 1. The van der Waals surface area contributed by atoms with Crippen molar-refractivity contribution >= 4 is 46.6 Å². The average molecular weight is 427 g/mol. The minimum Gasteiger partial charge on any atom is -0.322 e. The molecule has 0 bridgehead atoms. The molecule has 3 aromatic carbocycles. The third-order valence-electron chi connectivity index (χ3n) is 4.50. The average Bonchev–Trinajstić information content (AvgIpc) is 3.10. The summed E-state index contributed by atoms with van der Waals surface area (Å²) >= 11 is 7.56. The molecule has 0 aromatic heterocycles. The van der Waals surface area contributed by atoms with Gasteiger partial charge >= 0.3 is 0 Å². The summed E-state index contributed by atoms with van der Waals surface area (Å²) in [6.45, 7) is 0. The Hall–Kier alpha value is -2.83. The quantitative estimate of drug-likeness (QED) is 0.598. The Kier molecular flexibility index (Phi) is 5.56. The minimum atomic E-state index is -0.397. The van der Waals surface area contributed by atoms with Crippen LogP contribution >= 0.6 is 23.4 Å². The van der Waals surface area contributed by atoms with Gasteiger partial charge in [0.1, 0.15) is 11.2 Å². The zero-order valence-electron chi connectivity index (χ0n) is 15.1. The van der Waals surface area contributed by atoms with Gasteiger partial charge in [-0.1, -0.05) is 41.9 Å². The van der Waals surface area contributed by atoms with Crippen molar-refractivity contribution in [3.05, 3.63) is 94.8 Å². The standard InChI is InChI=1S/C22H16ClFN2O2S/c23-19-10-2-1-9-18(19)21(28)25-16-7-3-5-14(11-16)22-26(20(27)13-29-22)17-8-4-6-15(24)12-17/h1-12,22H,13H2,(H,25,28)/t22-/m0/s1. The summed E-state index contributed by atoms with van der Waals surface area (Å²) in [5.41, 5.74) is 2.32. The van der Waals surface area contributed by atoms with Crippen molar-refractivity contribution in [2.45, 2.75) is 5.37 Å². The van der Waals surface area contributed by atoms with Crippen LogP contribution in [0.15, 0.2) is 72.8 Å². The van der Waals surface area contributed by atoms with Crippen molar-refractivity contribution < 1.29 is 14.0 Å². The van der Waals surface area contributed by atoms with Crippen molar-refractivity contribution in [2.75, 3.05) is 16.0 Å². The molecule has 1 aliphatic heterocycles. The van der Waals surface area contributed by atoms with E-state index in [1.54, 1.807) is 47.4 Å². The molecule has 0 spiro atoms. The second-order valence-corrected chi connectivity index (χ2v) is 7.94. The van der Waals surface area contributed by atoms with Gasteiger partial charge in [-0.3, -0.25) is 14.5 Å². The second kappa shape index (κ2) is 8.27. The molecule has 29 heavy (non-hydrogen) atoms. The van der Waals surface area contributed by atoms with E-state index in [-0.39, 0.29) is 17.2 Å². The molecule has 4 rings (SSSR count). The van der Waals surface area contributed by atoms with Crippen LogP contribution in [0.1, 0.15) is 21.3 Å². The van der Waals surface area contributed by atoms with Gasteiger partial charge in [-0.2, -0.15) is 0 Å². The lowest BCUT2D eigenvalue weighted by atomic mass is 10.1. The molecular formula is C22H16ClFN2O2S. The molecule has 2 amide bonds. The molecule has 4 nitrogen and oxygen atoms in total. The third-order valence-corrected chi connectivity index (χ3v) is 6.04. The maximum Gasteiger partial charge on any atom is 0.257 e. The fraction of sp³-hybridized carbons (Fsp3) is 0.0909. The Bertz CT molecular complexity index is 1090.